The van der Waals surface area contributed by atoms with Crippen LogP contribution >= 0.6 is 23.5 Å². The van der Waals surface area contributed by atoms with Crippen molar-refractivity contribution in [3.8, 4) is 5.75 Å². The van der Waals surface area contributed by atoms with E-state index in [9.17, 15) is 18.0 Å². The molecule has 0 bridgehead atoms. The predicted molar refractivity (Wildman–Crippen MR) is 99.8 cm³/mol. The number of ether oxygens (including phenoxy) is 1. The zero-order chi connectivity index (χ0) is 18.6. The summed E-state index contributed by atoms with van der Waals surface area (Å²) < 4.78 is 41.1. The molecule has 1 fully saturated rings. The summed E-state index contributed by atoms with van der Waals surface area (Å²) in [6.07, 6.45) is -3.56. The largest absolute Gasteiger partial charge is 0.573 e. The van der Waals surface area contributed by atoms with E-state index >= 15 is 0 Å². The van der Waals surface area contributed by atoms with E-state index in [0.29, 0.717) is 10.1 Å². The van der Waals surface area contributed by atoms with Crippen LogP contribution in [-0.4, -0.2) is 23.8 Å². The van der Waals surface area contributed by atoms with E-state index in [-0.39, 0.29) is 17.3 Å². The lowest BCUT2D eigenvalue weighted by atomic mass is 10.1. The van der Waals surface area contributed by atoms with Gasteiger partial charge in [-0.1, -0.05) is 18.2 Å². The summed E-state index contributed by atoms with van der Waals surface area (Å²) >= 11 is 3.79. The molecular formula is C18H16F3NO2S2. The molecule has 2 aromatic rings. The number of carbonyl (C=O) groups is 1. The first-order valence-electron chi connectivity index (χ1n) is 7.91. The molecule has 0 unspecified atom stereocenters. The molecule has 26 heavy (non-hydrogen) atoms. The minimum absolute atomic E-state index is 0.235. The first-order chi connectivity index (χ1) is 12.4. The predicted octanol–water partition coefficient (Wildman–Crippen LogP) is 5.71. The van der Waals surface area contributed by atoms with Crippen LogP contribution in [0.15, 0.2) is 48.5 Å². The summed E-state index contributed by atoms with van der Waals surface area (Å²) in [6.45, 7) is 0. The van der Waals surface area contributed by atoms with Crippen molar-refractivity contribution in [3.05, 3.63) is 59.7 Å². The molecule has 0 radical (unpaired) electrons. The van der Waals surface area contributed by atoms with Crippen LogP contribution in [0, 0.1) is 0 Å². The number of thioether (sulfide) groups is 2. The van der Waals surface area contributed by atoms with E-state index < -0.39 is 6.36 Å². The number of halogens is 3. The number of nitrogens with one attached hydrogen (secondary N) is 1. The maximum Gasteiger partial charge on any atom is 0.573 e. The smallest absolute Gasteiger partial charge is 0.406 e. The lowest BCUT2D eigenvalue weighted by Gasteiger charge is -2.21. The highest BCUT2D eigenvalue weighted by Crippen LogP contribution is 2.43. The molecule has 1 amide bonds. The summed E-state index contributed by atoms with van der Waals surface area (Å²) in [5, 5.41) is 2.59. The zero-order valence-electron chi connectivity index (χ0n) is 13.6. The van der Waals surface area contributed by atoms with E-state index in [1.807, 2.05) is 35.7 Å². The molecule has 2 aromatic carbocycles. The zero-order valence-corrected chi connectivity index (χ0v) is 15.2. The van der Waals surface area contributed by atoms with Crippen LogP contribution in [-0.2, 0) is 0 Å². The fourth-order valence-corrected chi connectivity index (χ4v) is 5.34. The van der Waals surface area contributed by atoms with Gasteiger partial charge in [0.05, 0.1) is 4.58 Å². The molecule has 3 nitrogen and oxygen atoms in total. The molecule has 1 aliphatic heterocycles. The quantitative estimate of drug-likeness (QED) is 0.715. The number of carbonyl (C=O) groups excluding carboxylic acids is 1. The van der Waals surface area contributed by atoms with Crippen molar-refractivity contribution >= 4 is 35.1 Å². The summed E-state index contributed by atoms with van der Waals surface area (Å²) in [6, 6.07) is 12.5. The Morgan fingerprint density at radius 2 is 1.77 bits per heavy atom. The highest BCUT2D eigenvalue weighted by molar-refractivity contribution is 8.16. The SMILES string of the molecule is O=C(Nc1cccc(OC(F)(F)F)c1)c1ccc(C2SCCCS2)cc1. The number of hydrogen-bond acceptors (Lipinski definition) is 4. The highest BCUT2D eigenvalue weighted by Gasteiger charge is 2.31. The Bertz CT molecular complexity index is 760. The molecule has 1 aliphatic rings. The number of rotatable bonds is 4. The van der Waals surface area contributed by atoms with Gasteiger partial charge in [-0.05, 0) is 47.8 Å². The molecule has 1 saturated heterocycles. The van der Waals surface area contributed by atoms with E-state index in [1.165, 1.54) is 24.6 Å². The van der Waals surface area contributed by atoms with E-state index in [4.69, 9.17) is 0 Å². The van der Waals surface area contributed by atoms with Crippen molar-refractivity contribution in [1.29, 1.82) is 0 Å². The summed E-state index contributed by atoms with van der Waals surface area (Å²) in [5.74, 6) is 1.51. The Morgan fingerprint density at radius 3 is 2.42 bits per heavy atom. The standard InChI is InChI=1S/C18H16F3NO2S2/c19-18(20,21)24-15-4-1-3-14(11-15)22-16(23)12-5-7-13(8-6-12)17-25-9-2-10-26-17/h1,3-8,11,17H,2,9-10H2,(H,22,23). The van der Waals surface area contributed by atoms with Gasteiger partial charge in [0.1, 0.15) is 5.75 Å². The lowest BCUT2D eigenvalue weighted by Crippen LogP contribution is -2.17. The van der Waals surface area contributed by atoms with Gasteiger partial charge in [0.15, 0.2) is 0 Å². The van der Waals surface area contributed by atoms with Crippen LogP contribution in [0.2, 0.25) is 0 Å². The summed E-state index contributed by atoms with van der Waals surface area (Å²) in [4.78, 5) is 12.3. The fraction of sp³-hybridized carbons (Fsp3) is 0.278. The second-order valence-corrected chi connectivity index (χ2v) is 8.30. The van der Waals surface area contributed by atoms with Gasteiger partial charge in [-0.25, -0.2) is 0 Å². The normalized spacial score (nSPS) is 15.5. The molecule has 1 heterocycles. The maximum absolute atomic E-state index is 12.3. The van der Waals surface area contributed by atoms with E-state index in [2.05, 4.69) is 10.1 Å². The van der Waals surface area contributed by atoms with Gasteiger partial charge in [-0.15, -0.1) is 36.7 Å². The van der Waals surface area contributed by atoms with Crippen LogP contribution in [0.1, 0.15) is 26.9 Å². The lowest BCUT2D eigenvalue weighted by molar-refractivity contribution is -0.274. The monoisotopic (exact) mass is 399 g/mol. The van der Waals surface area contributed by atoms with Gasteiger partial charge in [0, 0.05) is 17.3 Å². The second kappa shape index (κ2) is 8.26. The van der Waals surface area contributed by atoms with Crippen molar-refractivity contribution in [1.82, 2.24) is 0 Å². The molecule has 8 heteroatoms. The highest BCUT2D eigenvalue weighted by atomic mass is 32.2. The molecule has 0 aromatic heterocycles. The van der Waals surface area contributed by atoms with Gasteiger partial charge in [-0.3, -0.25) is 4.79 Å². The Labute approximate surface area is 157 Å². The third kappa shape index (κ3) is 5.35. The topological polar surface area (TPSA) is 38.3 Å². The Morgan fingerprint density at radius 1 is 1.08 bits per heavy atom. The first kappa shape index (κ1) is 19.0. The van der Waals surface area contributed by atoms with E-state index in [1.54, 1.807) is 12.1 Å². The molecular weight excluding hydrogens is 383 g/mol. The fourth-order valence-electron chi connectivity index (χ4n) is 2.45. The molecule has 0 aliphatic carbocycles. The summed E-state index contributed by atoms with van der Waals surface area (Å²) in [5.41, 5.74) is 1.85. The first-order valence-corrected chi connectivity index (χ1v) is 10.0. The second-order valence-electron chi connectivity index (χ2n) is 5.58. The van der Waals surface area contributed by atoms with Gasteiger partial charge < -0.3 is 10.1 Å². The third-order valence-corrected chi connectivity index (χ3v) is 6.61. The van der Waals surface area contributed by atoms with Crippen molar-refractivity contribution in [3.63, 3.8) is 0 Å². The van der Waals surface area contributed by atoms with Crippen molar-refractivity contribution in [2.75, 3.05) is 16.8 Å². The Kier molecular flexibility index (Phi) is 6.03. The van der Waals surface area contributed by atoms with Gasteiger partial charge in [0.2, 0.25) is 0 Å². The van der Waals surface area contributed by atoms with Crippen molar-refractivity contribution in [2.45, 2.75) is 17.4 Å². The number of anilines is 1. The van der Waals surface area contributed by atoms with Crippen molar-refractivity contribution in [2.24, 2.45) is 0 Å². The molecule has 0 saturated carbocycles. The minimum Gasteiger partial charge on any atom is -0.406 e. The number of amides is 1. The average Bonchev–Trinajstić information content (AvgIpc) is 2.61. The van der Waals surface area contributed by atoms with Crippen LogP contribution in [0.3, 0.4) is 0 Å². The van der Waals surface area contributed by atoms with Gasteiger partial charge >= 0.3 is 6.36 Å². The third-order valence-electron chi connectivity index (χ3n) is 3.60. The van der Waals surface area contributed by atoms with Crippen LogP contribution < -0.4 is 10.1 Å². The van der Waals surface area contributed by atoms with Crippen LogP contribution in [0.5, 0.6) is 5.75 Å². The average molecular weight is 399 g/mol. The number of hydrogen-bond donors (Lipinski definition) is 1. The van der Waals surface area contributed by atoms with Crippen molar-refractivity contribution < 1.29 is 22.7 Å². The van der Waals surface area contributed by atoms with E-state index in [0.717, 1.165) is 23.1 Å². The van der Waals surface area contributed by atoms with Crippen LogP contribution in [0.4, 0.5) is 18.9 Å². The molecule has 138 valence electrons. The molecule has 0 spiro atoms. The maximum atomic E-state index is 12.3. The molecule has 0 atom stereocenters. The van der Waals surface area contributed by atoms with Gasteiger partial charge in [-0.2, -0.15) is 0 Å². The molecule has 1 N–H and O–H groups in total. The number of alkyl halides is 3. The molecule has 3 rings (SSSR count). The number of benzene rings is 2. The summed E-state index contributed by atoms with van der Waals surface area (Å²) in [7, 11) is 0. The van der Waals surface area contributed by atoms with Crippen LogP contribution in [0.25, 0.3) is 0 Å². The Hall–Kier alpha value is -1.80. The minimum atomic E-state index is -4.77. The van der Waals surface area contributed by atoms with Gasteiger partial charge in [0.25, 0.3) is 5.91 Å². The Balaban J connectivity index is 1.65.